The van der Waals surface area contributed by atoms with Gasteiger partial charge in [-0.05, 0) is 12.8 Å². The number of quaternary nitrogens is 1. The maximum atomic E-state index is 9.92. The molecule has 0 atom stereocenters. The minimum Gasteiger partial charge on any atom is -0.391 e. The second kappa shape index (κ2) is 21.0. The van der Waals surface area contributed by atoms with Crippen LogP contribution in [0, 0.1) is 0 Å². The van der Waals surface area contributed by atoms with Gasteiger partial charge in [0.1, 0.15) is 6.54 Å². The highest BCUT2D eigenvalue weighted by molar-refractivity contribution is 7.81. The van der Waals surface area contributed by atoms with Crippen molar-refractivity contribution in [2.75, 3.05) is 48.0 Å². The standard InChI is InChI=1S/C20H44NO.C2H6O4S/c1-4-5-6-7-8-9-10-11-12-13-14-15-16-17-18-21(2,3)19-20-22;1-5-7(3,4)6-2/h22H,4-20H2,1-3H3;1-2H3/q+1;. The molecule has 178 valence electrons. The largest absolute Gasteiger partial charge is 0.399 e. The van der Waals surface area contributed by atoms with Crippen LogP contribution in [0.5, 0.6) is 0 Å². The molecule has 0 aliphatic heterocycles. The number of nitrogens with zero attached hydrogens (tertiary/aromatic N) is 1. The van der Waals surface area contributed by atoms with E-state index in [9.17, 15) is 8.42 Å². The van der Waals surface area contributed by atoms with Crippen molar-refractivity contribution in [3.63, 3.8) is 0 Å². The summed E-state index contributed by atoms with van der Waals surface area (Å²) in [7, 11) is 2.84. The van der Waals surface area contributed by atoms with Gasteiger partial charge in [0.25, 0.3) is 0 Å². The number of hydrogen-bond acceptors (Lipinski definition) is 5. The summed E-state index contributed by atoms with van der Waals surface area (Å²) in [5.74, 6) is 0. The van der Waals surface area contributed by atoms with Crippen molar-refractivity contribution in [3.8, 4) is 0 Å². The fourth-order valence-corrected chi connectivity index (χ4v) is 3.32. The average Bonchev–Trinajstić information content (AvgIpc) is 2.68. The molecule has 0 aromatic rings. The van der Waals surface area contributed by atoms with Gasteiger partial charge in [-0.3, -0.25) is 8.37 Å². The van der Waals surface area contributed by atoms with Crippen molar-refractivity contribution in [1.29, 1.82) is 0 Å². The van der Waals surface area contributed by atoms with Crippen LogP contribution in [-0.4, -0.2) is 66.0 Å². The third-order valence-electron chi connectivity index (χ3n) is 5.23. The van der Waals surface area contributed by atoms with Gasteiger partial charge in [0.15, 0.2) is 0 Å². The summed E-state index contributed by atoms with van der Waals surface area (Å²) in [5, 5.41) is 9.00. The molecule has 0 amide bonds. The summed E-state index contributed by atoms with van der Waals surface area (Å²) in [6.07, 6.45) is 19.9. The number of hydrogen-bond donors (Lipinski definition) is 1. The van der Waals surface area contributed by atoms with Gasteiger partial charge in [0, 0.05) is 0 Å². The molecule has 0 fully saturated rings. The van der Waals surface area contributed by atoms with Crippen LogP contribution in [-0.2, 0) is 18.8 Å². The third kappa shape index (κ3) is 25.8. The molecule has 0 aliphatic carbocycles. The molecule has 0 heterocycles. The van der Waals surface area contributed by atoms with Crippen LogP contribution in [0.15, 0.2) is 0 Å². The molecule has 0 unspecified atom stereocenters. The smallest absolute Gasteiger partial charge is 0.391 e. The molecule has 7 heteroatoms. The van der Waals surface area contributed by atoms with Gasteiger partial charge in [-0.15, -0.1) is 0 Å². The van der Waals surface area contributed by atoms with Gasteiger partial charge in [0.05, 0.1) is 41.5 Å². The summed E-state index contributed by atoms with van der Waals surface area (Å²) < 4.78 is 28.5. The Labute approximate surface area is 181 Å². The van der Waals surface area contributed by atoms with E-state index in [1.165, 1.54) is 96.4 Å². The number of rotatable bonds is 19. The highest BCUT2D eigenvalue weighted by Crippen LogP contribution is 2.13. The van der Waals surface area contributed by atoms with Crippen LogP contribution in [0.25, 0.3) is 0 Å². The van der Waals surface area contributed by atoms with Gasteiger partial charge in [-0.2, -0.15) is 8.42 Å². The van der Waals surface area contributed by atoms with Crippen LogP contribution >= 0.6 is 0 Å². The summed E-state index contributed by atoms with van der Waals surface area (Å²) in [6.45, 7) is 4.69. The van der Waals surface area contributed by atoms with Gasteiger partial charge < -0.3 is 9.59 Å². The molecule has 0 saturated heterocycles. The van der Waals surface area contributed by atoms with Crippen LogP contribution < -0.4 is 0 Å². The molecule has 0 bridgehead atoms. The first-order valence-corrected chi connectivity index (χ1v) is 12.9. The van der Waals surface area contributed by atoms with Crippen molar-refractivity contribution in [1.82, 2.24) is 0 Å². The van der Waals surface area contributed by atoms with Gasteiger partial charge in [-0.25, -0.2) is 0 Å². The molecule has 0 aliphatic rings. The summed E-state index contributed by atoms with van der Waals surface area (Å²) >= 11 is 0. The first-order valence-electron chi connectivity index (χ1n) is 11.5. The highest BCUT2D eigenvalue weighted by atomic mass is 32.3. The Bertz CT molecular complexity index is 417. The van der Waals surface area contributed by atoms with Crippen LogP contribution in [0.1, 0.15) is 96.8 Å². The second-order valence-corrected chi connectivity index (χ2v) is 9.93. The average molecular weight is 441 g/mol. The SMILES string of the molecule is CCCCCCCCCCCCCCCC[N+](C)(C)CCO.COS(=O)(=O)OC. The Hall–Kier alpha value is -0.210. The first-order chi connectivity index (χ1) is 13.7. The normalized spacial score (nSPS) is 11.9. The zero-order valence-electron chi connectivity index (χ0n) is 20.0. The zero-order valence-corrected chi connectivity index (χ0v) is 20.8. The van der Waals surface area contributed by atoms with E-state index in [-0.39, 0.29) is 0 Å². The molecule has 0 aromatic heterocycles. The molecular formula is C22H50NO5S+. The Morgan fingerprint density at radius 1 is 0.655 bits per heavy atom. The zero-order chi connectivity index (χ0) is 22.4. The molecule has 0 rings (SSSR count). The van der Waals surface area contributed by atoms with Crippen molar-refractivity contribution < 1.29 is 26.4 Å². The fourth-order valence-electron chi connectivity index (χ4n) is 3.18. The van der Waals surface area contributed by atoms with Crippen LogP contribution in [0.3, 0.4) is 0 Å². The van der Waals surface area contributed by atoms with E-state index >= 15 is 0 Å². The van der Waals surface area contributed by atoms with Crippen molar-refractivity contribution in [3.05, 3.63) is 0 Å². The summed E-state index contributed by atoms with van der Waals surface area (Å²) in [6, 6.07) is 0. The lowest BCUT2D eigenvalue weighted by atomic mass is 10.0. The van der Waals surface area contributed by atoms with E-state index in [1.807, 2.05) is 0 Å². The lowest BCUT2D eigenvalue weighted by Gasteiger charge is -2.28. The number of likely N-dealkylation sites (N-methyl/N-ethyl adjacent to an activating group) is 1. The lowest BCUT2D eigenvalue weighted by molar-refractivity contribution is -0.890. The van der Waals surface area contributed by atoms with Crippen LogP contribution in [0.2, 0.25) is 0 Å². The van der Waals surface area contributed by atoms with Crippen molar-refractivity contribution in [2.45, 2.75) is 96.8 Å². The maximum absolute atomic E-state index is 9.92. The first kappa shape index (κ1) is 31.0. The van der Waals surface area contributed by atoms with E-state index in [0.29, 0.717) is 6.61 Å². The number of aliphatic hydroxyl groups is 1. The van der Waals surface area contributed by atoms with Gasteiger partial charge in [-0.1, -0.05) is 84.0 Å². The predicted octanol–water partition coefficient (Wildman–Crippen LogP) is 5.06. The number of aliphatic hydroxyl groups excluding tert-OH is 1. The molecule has 29 heavy (non-hydrogen) atoms. The van der Waals surface area contributed by atoms with Gasteiger partial charge >= 0.3 is 10.4 Å². The topological polar surface area (TPSA) is 72.8 Å². The van der Waals surface area contributed by atoms with E-state index in [4.69, 9.17) is 5.11 Å². The van der Waals surface area contributed by atoms with Crippen molar-refractivity contribution >= 4 is 10.4 Å². The quantitative estimate of drug-likeness (QED) is 0.224. The predicted molar refractivity (Wildman–Crippen MR) is 122 cm³/mol. The van der Waals surface area contributed by atoms with E-state index in [0.717, 1.165) is 25.2 Å². The van der Waals surface area contributed by atoms with E-state index in [2.05, 4.69) is 29.4 Å². The Morgan fingerprint density at radius 3 is 1.28 bits per heavy atom. The Balaban J connectivity index is 0. The minimum absolute atomic E-state index is 0.311. The fraction of sp³-hybridized carbons (Fsp3) is 1.00. The molecule has 0 radical (unpaired) electrons. The monoisotopic (exact) mass is 440 g/mol. The molecule has 6 nitrogen and oxygen atoms in total. The molecule has 0 saturated carbocycles. The summed E-state index contributed by atoms with van der Waals surface area (Å²) in [5.41, 5.74) is 0. The van der Waals surface area contributed by atoms with E-state index in [1.54, 1.807) is 0 Å². The number of unbranched alkanes of at least 4 members (excludes halogenated alkanes) is 13. The molecule has 1 N–H and O–H groups in total. The lowest BCUT2D eigenvalue weighted by Crippen LogP contribution is -2.42. The summed E-state index contributed by atoms with van der Waals surface area (Å²) in [4.78, 5) is 0. The highest BCUT2D eigenvalue weighted by Gasteiger charge is 2.12. The van der Waals surface area contributed by atoms with Gasteiger partial charge in [0.2, 0.25) is 0 Å². The third-order valence-corrected chi connectivity index (χ3v) is 6.05. The maximum Gasteiger partial charge on any atom is 0.399 e. The molecule has 0 aromatic carbocycles. The minimum atomic E-state index is -3.66. The molecule has 0 spiro atoms. The Kier molecular flexibility index (Phi) is 22.5. The van der Waals surface area contributed by atoms with Crippen molar-refractivity contribution in [2.24, 2.45) is 0 Å². The molecular weight excluding hydrogens is 390 g/mol. The second-order valence-electron chi connectivity index (χ2n) is 8.44. The van der Waals surface area contributed by atoms with E-state index < -0.39 is 10.4 Å². The van der Waals surface area contributed by atoms with Crippen LogP contribution in [0.4, 0.5) is 0 Å². The Morgan fingerprint density at radius 2 is 1.00 bits per heavy atom.